The fourth-order valence-corrected chi connectivity index (χ4v) is 3.82. The Hall–Kier alpha value is -1.44. The van der Waals surface area contributed by atoms with Gasteiger partial charge in [-0.1, -0.05) is 36.8 Å². The van der Waals surface area contributed by atoms with Crippen molar-refractivity contribution in [3.05, 3.63) is 35.9 Å². The second-order valence-corrected chi connectivity index (χ2v) is 6.87. The fourth-order valence-electron chi connectivity index (χ4n) is 2.39. The monoisotopic (exact) mass is 312 g/mol. The maximum absolute atomic E-state index is 12.2. The molecule has 7 heteroatoms. The summed E-state index contributed by atoms with van der Waals surface area (Å²) >= 11 is 0. The molecule has 1 saturated heterocycles. The molecule has 0 bridgehead atoms. The summed E-state index contributed by atoms with van der Waals surface area (Å²) in [6.07, 6.45) is 2.77. The second-order valence-electron chi connectivity index (χ2n) is 5.16. The van der Waals surface area contributed by atoms with Crippen LogP contribution in [0.2, 0.25) is 0 Å². The maximum atomic E-state index is 12.2. The predicted octanol–water partition coefficient (Wildman–Crippen LogP) is 1.00. The number of nitrogens with zero attached hydrogens (tertiary/aromatic N) is 1. The number of hydrogen-bond donors (Lipinski definition) is 2. The first-order valence-corrected chi connectivity index (χ1v) is 8.47. The summed E-state index contributed by atoms with van der Waals surface area (Å²) in [4.78, 5) is 11.3. The highest BCUT2D eigenvalue weighted by molar-refractivity contribution is 7.87. The van der Waals surface area contributed by atoms with Crippen molar-refractivity contribution in [1.29, 1.82) is 0 Å². The summed E-state index contributed by atoms with van der Waals surface area (Å²) in [7, 11) is -3.75. The van der Waals surface area contributed by atoms with Gasteiger partial charge in [-0.2, -0.15) is 17.4 Å². The molecule has 1 aromatic rings. The lowest BCUT2D eigenvalue weighted by Crippen LogP contribution is -2.50. The van der Waals surface area contributed by atoms with Crippen molar-refractivity contribution in [3.63, 3.8) is 0 Å². The third kappa shape index (κ3) is 4.52. The summed E-state index contributed by atoms with van der Waals surface area (Å²) in [5.41, 5.74) is 0.784. The van der Waals surface area contributed by atoms with Crippen molar-refractivity contribution in [2.45, 2.75) is 31.7 Å². The molecule has 0 unspecified atom stereocenters. The first-order valence-electron chi connectivity index (χ1n) is 7.03. The van der Waals surface area contributed by atoms with Crippen LogP contribution in [0.5, 0.6) is 0 Å². The van der Waals surface area contributed by atoms with E-state index in [4.69, 9.17) is 0 Å². The van der Waals surface area contributed by atoms with E-state index in [0.29, 0.717) is 13.1 Å². The topological polar surface area (TPSA) is 86.7 Å². The summed E-state index contributed by atoms with van der Waals surface area (Å²) in [6, 6.07) is 7.84. The smallest absolute Gasteiger partial charge is 0.322 e. The largest absolute Gasteiger partial charge is 0.480 e. The van der Waals surface area contributed by atoms with Crippen molar-refractivity contribution in [1.82, 2.24) is 9.03 Å². The normalized spacial score (nSPS) is 18.3. The van der Waals surface area contributed by atoms with Gasteiger partial charge < -0.3 is 5.11 Å². The Morgan fingerprint density at radius 2 is 1.81 bits per heavy atom. The van der Waals surface area contributed by atoms with Gasteiger partial charge in [0.2, 0.25) is 0 Å². The van der Waals surface area contributed by atoms with Crippen LogP contribution in [0.25, 0.3) is 0 Å². The number of rotatable bonds is 6. The quantitative estimate of drug-likeness (QED) is 0.820. The van der Waals surface area contributed by atoms with Crippen LogP contribution < -0.4 is 4.72 Å². The Labute approximate surface area is 125 Å². The first kappa shape index (κ1) is 15.9. The number of carboxylic acids is 1. The zero-order chi connectivity index (χ0) is 15.3. The molecule has 2 N–H and O–H groups in total. The van der Waals surface area contributed by atoms with E-state index in [1.807, 2.05) is 6.07 Å². The summed E-state index contributed by atoms with van der Waals surface area (Å²) < 4.78 is 28.1. The van der Waals surface area contributed by atoms with E-state index in [0.717, 1.165) is 24.8 Å². The fraction of sp³-hybridized carbons (Fsp3) is 0.500. The molecule has 21 heavy (non-hydrogen) atoms. The number of hydrogen-bond acceptors (Lipinski definition) is 3. The van der Waals surface area contributed by atoms with Crippen LogP contribution in [-0.2, 0) is 21.4 Å². The summed E-state index contributed by atoms with van der Waals surface area (Å²) in [5, 5.41) is 9.25. The van der Waals surface area contributed by atoms with Crippen LogP contribution in [0.15, 0.2) is 30.3 Å². The Kier molecular flexibility index (Phi) is 5.33. The third-order valence-electron chi connectivity index (χ3n) is 3.53. The van der Waals surface area contributed by atoms with Crippen molar-refractivity contribution < 1.29 is 18.3 Å². The van der Waals surface area contributed by atoms with E-state index in [9.17, 15) is 18.3 Å². The number of carboxylic acid groups (broad SMARTS) is 1. The van der Waals surface area contributed by atoms with E-state index in [1.165, 1.54) is 4.31 Å². The molecular formula is C14H20N2O4S. The minimum absolute atomic E-state index is 0.128. The molecule has 1 heterocycles. The van der Waals surface area contributed by atoms with Crippen LogP contribution in [0, 0.1) is 0 Å². The lowest BCUT2D eigenvalue weighted by Gasteiger charge is -2.27. The Morgan fingerprint density at radius 3 is 2.38 bits per heavy atom. The minimum Gasteiger partial charge on any atom is -0.480 e. The second kappa shape index (κ2) is 7.02. The van der Waals surface area contributed by atoms with Gasteiger partial charge in [-0.15, -0.1) is 0 Å². The molecule has 0 saturated carbocycles. The molecule has 0 aliphatic carbocycles. The number of nitrogens with one attached hydrogen (secondary N) is 1. The number of aliphatic carboxylic acids is 1. The van der Waals surface area contributed by atoms with Crippen LogP contribution in [-0.4, -0.2) is 42.9 Å². The minimum atomic E-state index is -3.75. The van der Waals surface area contributed by atoms with E-state index in [1.54, 1.807) is 24.3 Å². The van der Waals surface area contributed by atoms with Crippen LogP contribution >= 0.6 is 0 Å². The lowest BCUT2D eigenvalue weighted by molar-refractivity contribution is -0.138. The van der Waals surface area contributed by atoms with Gasteiger partial charge in [0.1, 0.15) is 6.04 Å². The average Bonchev–Trinajstić information content (AvgIpc) is 2.48. The molecule has 1 aromatic carbocycles. The molecular weight excluding hydrogens is 292 g/mol. The van der Waals surface area contributed by atoms with Gasteiger partial charge in [-0.05, 0) is 24.8 Å². The zero-order valence-electron chi connectivity index (χ0n) is 11.7. The third-order valence-corrected chi connectivity index (χ3v) is 5.15. The van der Waals surface area contributed by atoms with E-state index in [-0.39, 0.29) is 6.42 Å². The van der Waals surface area contributed by atoms with E-state index >= 15 is 0 Å². The van der Waals surface area contributed by atoms with Crippen molar-refractivity contribution >= 4 is 16.2 Å². The molecule has 0 radical (unpaired) electrons. The van der Waals surface area contributed by atoms with Gasteiger partial charge in [0.25, 0.3) is 10.2 Å². The van der Waals surface area contributed by atoms with Crippen molar-refractivity contribution in [2.24, 2.45) is 0 Å². The average molecular weight is 312 g/mol. The molecule has 1 atom stereocenters. The van der Waals surface area contributed by atoms with Crippen LogP contribution in [0.4, 0.5) is 0 Å². The van der Waals surface area contributed by atoms with Crippen LogP contribution in [0.1, 0.15) is 24.8 Å². The molecule has 1 aliphatic rings. The maximum Gasteiger partial charge on any atom is 0.322 e. The van der Waals surface area contributed by atoms with E-state index < -0.39 is 22.2 Å². The molecule has 6 nitrogen and oxygen atoms in total. The van der Waals surface area contributed by atoms with Gasteiger partial charge in [0, 0.05) is 13.1 Å². The van der Waals surface area contributed by atoms with Gasteiger partial charge >= 0.3 is 5.97 Å². The zero-order valence-corrected chi connectivity index (χ0v) is 12.6. The predicted molar refractivity (Wildman–Crippen MR) is 79.0 cm³/mol. The van der Waals surface area contributed by atoms with Gasteiger partial charge in [0.05, 0.1) is 0 Å². The molecule has 1 fully saturated rings. The molecule has 1 aliphatic heterocycles. The van der Waals surface area contributed by atoms with Crippen molar-refractivity contribution in [3.8, 4) is 0 Å². The highest BCUT2D eigenvalue weighted by Crippen LogP contribution is 2.13. The van der Waals surface area contributed by atoms with E-state index in [2.05, 4.69) is 4.72 Å². The highest BCUT2D eigenvalue weighted by Gasteiger charge is 2.29. The number of benzene rings is 1. The Balaban J connectivity index is 2.07. The Bertz CT molecular complexity index is 568. The number of carbonyl (C=O) groups is 1. The number of piperidine rings is 1. The SMILES string of the molecule is O=C(O)[C@H](Cc1ccccc1)NS(=O)(=O)N1CCCCC1. The lowest BCUT2D eigenvalue weighted by atomic mass is 10.1. The molecule has 0 amide bonds. The molecule has 2 rings (SSSR count). The van der Waals surface area contributed by atoms with Crippen LogP contribution in [0.3, 0.4) is 0 Å². The molecule has 0 aromatic heterocycles. The van der Waals surface area contributed by atoms with Crippen molar-refractivity contribution in [2.75, 3.05) is 13.1 Å². The van der Waals surface area contributed by atoms with Gasteiger partial charge in [0.15, 0.2) is 0 Å². The van der Waals surface area contributed by atoms with Gasteiger partial charge in [-0.3, -0.25) is 4.79 Å². The standard InChI is InChI=1S/C14H20N2O4S/c17-14(18)13(11-12-7-3-1-4-8-12)15-21(19,20)16-9-5-2-6-10-16/h1,3-4,7-8,13,15H,2,5-6,9-11H2,(H,17,18)/t13-/m0/s1. The molecule has 0 spiro atoms. The summed E-state index contributed by atoms with van der Waals surface area (Å²) in [5.74, 6) is -1.17. The summed E-state index contributed by atoms with van der Waals surface area (Å²) in [6.45, 7) is 0.903. The van der Waals surface area contributed by atoms with Gasteiger partial charge in [-0.25, -0.2) is 0 Å². The first-order chi connectivity index (χ1) is 9.99. The molecule has 116 valence electrons. The Morgan fingerprint density at radius 1 is 1.19 bits per heavy atom. The highest BCUT2D eigenvalue weighted by atomic mass is 32.2.